The van der Waals surface area contributed by atoms with Gasteiger partial charge in [0.15, 0.2) is 0 Å². The van der Waals surface area contributed by atoms with Crippen LogP contribution in [0.5, 0.6) is 0 Å². The van der Waals surface area contributed by atoms with Gasteiger partial charge >= 0.3 is 35.5 Å². The molecule has 0 radical (unpaired) electrons. The van der Waals surface area contributed by atoms with Crippen molar-refractivity contribution in [3.63, 3.8) is 0 Å². The van der Waals surface area contributed by atoms with Gasteiger partial charge in [-0.3, -0.25) is 4.79 Å². The summed E-state index contributed by atoms with van der Waals surface area (Å²) in [7, 11) is 0. The van der Waals surface area contributed by atoms with Crippen molar-refractivity contribution in [1.29, 1.82) is 0 Å². The number of hydrogen-bond donors (Lipinski definition) is 1. The number of ether oxygens (including phenoxy) is 1. The molecule has 0 unspecified atom stereocenters. The molecule has 0 rings (SSSR count). The fourth-order valence-electron chi connectivity index (χ4n) is 1.91. The van der Waals surface area contributed by atoms with Crippen LogP contribution < -0.4 is 40.4 Å². The van der Waals surface area contributed by atoms with Crippen LogP contribution in [0, 0.1) is 0 Å². The molecule has 0 aliphatic heterocycles. The Balaban J connectivity index is 0. The number of esters is 1. The Kier molecular flexibility index (Phi) is 18.0. The minimum absolute atomic E-state index is 0. The SMILES string of the molecule is CCCCCCCCCCOC(=O)[C@@H](N)CCC(=O)[O-].[Na+]. The summed E-state index contributed by atoms with van der Waals surface area (Å²) in [6.07, 6.45) is 9.29. The first kappa shape index (κ1) is 23.2. The van der Waals surface area contributed by atoms with Crippen LogP contribution in [0.4, 0.5) is 0 Å². The summed E-state index contributed by atoms with van der Waals surface area (Å²) >= 11 is 0. The zero-order valence-electron chi connectivity index (χ0n) is 13.6. The smallest absolute Gasteiger partial charge is 0.550 e. The van der Waals surface area contributed by atoms with E-state index in [0.29, 0.717) is 6.61 Å². The first-order valence-corrected chi connectivity index (χ1v) is 7.70. The number of nitrogens with two attached hydrogens (primary N) is 1. The molecule has 0 fully saturated rings. The summed E-state index contributed by atoms with van der Waals surface area (Å²) in [6.45, 7) is 2.57. The van der Waals surface area contributed by atoms with E-state index in [-0.39, 0.29) is 42.4 Å². The van der Waals surface area contributed by atoms with Crippen molar-refractivity contribution in [1.82, 2.24) is 0 Å². The Hall–Kier alpha value is -0.100. The summed E-state index contributed by atoms with van der Waals surface area (Å²) in [5.41, 5.74) is 5.51. The van der Waals surface area contributed by atoms with Gasteiger partial charge in [0.2, 0.25) is 0 Å². The van der Waals surface area contributed by atoms with E-state index in [4.69, 9.17) is 10.5 Å². The molecule has 118 valence electrons. The molecule has 6 heteroatoms. The number of rotatable bonds is 13. The first-order chi connectivity index (χ1) is 9.57. The minimum Gasteiger partial charge on any atom is -0.550 e. The van der Waals surface area contributed by atoms with Gasteiger partial charge in [-0.25, -0.2) is 0 Å². The van der Waals surface area contributed by atoms with Crippen molar-refractivity contribution in [3.8, 4) is 0 Å². The van der Waals surface area contributed by atoms with Gasteiger partial charge in [0.1, 0.15) is 6.04 Å². The second-order valence-electron chi connectivity index (χ2n) is 5.16. The molecule has 21 heavy (non-hydrogen) atoms. The second kappa shape index (κ2) is 16.3. The molecule has 0 bridgehead atoms. The maximum Gasteiger partial charge on any atom is 1.00 e. The van der Waals surface area contributed by atoms with Crippen molar-refractivity contribution >= 4 is 11.9 Å². The monoisotopic (exact) mass is 309 g/mol. The number of carboxylic acid groups (broad SMARTS) is 1. The molecule has 0 spiro atoms. The third kappa shape index (κ3) is 16.1. The van der Waals surface area contributed by atoms with Gasteiger partial charge in [-0.15, -0.1) is 0 Å². The standard InChI is InChI=1S/C15H29NO4.Na/c1-2-3-4-5-6-7-8-9-12-20-15(19)13(16)10-11-14(17)18;/h13H,2-12,16H2,1H3,(H,17,18);/q;+1/p-1/t13-;/m0./s1. The zero-order chi connectivity index (χ0) is 15.2. The summed E-state index contributed by atoms with van der Waals surface area (Å²) in [5, 5.41) is 10.2. The largest absolute Gasteiger partial charge is 1.00 e. The number of hydrogen-bond acceptors (Lipinski definition) is 5. The molecule has 2 N–H and O–H groups in total. The van der Waals surface area contributed by atoms with E-state index < -0.39 is 18.0 Å². The first-order valence-electron chi connectivity index (χ1n) is 7.70. The summed E-state index contributed by atoms with van der Waals surface area (Å²) in [6, 6.07) is -0.859. The summed E-state index contributed by atoms with van der Waals surface area (Å²) < 4.78 is 5.00. The molecule has 0 aliphatic rings. The zero-order valence-corrected chi connectivity index (χ0v) is 15.6. The molecule has 0 aromatic rings. The van der Waals surface area contributed by atoms with E-state index in [2.05, 4.69) is 6.92 Å². The maximum atomic E-state index is 11.4. The molecule has 0 saturated heterocycles. The fraction of sp³-hybridized carbons (Fsp3) is 0.867. The van der Waals surface area contributed by atoms with E-state index in [0.717, 1.165) is 19.3 Å². The van der Waals surface area contributed by atoms with Gasteiger partial charge in [-0.2, -0.15) is 0 Å². The maximum absolute atomic E-state index is 11.4. The van der Waals surface area contributed by atoms with Gasteiger partial charge < -0.3 is 20.4 Å². The molecule has 0 aromatic heterocycles. The summed E-state index contributed by atoms with van der Waals surface area (Å²) in [5.74, 6) is -1.72. The van der Waals surface area contributed by atoms with Crippen molar-refractivity contribution < 1.29 is 49.0 Å². The molecule has 0 aliphatic carbocycles. The average Bonchev–Trinajstić information content (AvgIpc) is 2.42. The minimum atomic E-state index is -1.20. The van der Waals surface area contributed by atoms with Crippen LogP contribution in [0.25, 0.3) is 0 Å². The number of aliphatic carboxylic acids is 1. The van der Waals surface area contributed by atoms with Crippen LogP contribution in [0.2, 0.25) is 0 Å². The molecular formula is C15H28NNaO4. The number of carbonyl (C=O) groups excluding carboxylic acids is 2. The Morgan fingerprint density at radius 2 is 1.57 bits per heavy atom. The third-order valence-corrected chi connectivity index (χ3v) is 3.20. The van der Waals surface area contributed by atoms with Crippen LogP contribution in [-0.4, -0.2) is 24.6 Å². The van der Waals surface area contributed by atoms with Crippen LogP contribution in [-0.2, 0) is 14.3 Å². The van der Waals surface area contributed by atoms with Crippen molar-refractivity contribution in [2.24, 2.45) is 5.73 Å². The second-order valence-corrected chi connectivity index (χ2v) is 5.16. The van der Waals surface area contributed by atoms with Crippen molar-refractivity contribution in [2.45, 2.75) is 77.2 Å². The predicted molar refractivity (Wildman–Crippen MR) is 75.8 cm³/mol. The van der Waals surface area contributed by atoms with E-state index in [1.165, 1.54) is 32.1 Å². The fourth-order valence-corrected chi connectivity index (χ4v) is 1.91. The molecule has 5 nitrogen and oxygen atoms in total. The van der Waals surface area contributed by atoms with Gasteiger partial charge in [0.25, 0.3) is 0 Å². The van der Waals surface area contributed by atoms with Crippen LogP contribution >= 0.6 is 0 Å². The van der Waals surface area contributed by atoms with Gasteiger partial charge in [0, 0.05) is 5.97 Å². The average molecular weight is 309 g/mol. The third-order valence-electron chi connectivity index (χ3n) is 3.20. The predicted octanol–water partition coefficient (Wildman–Crippen LogP) is -1.47. The molecule has 0 aromatic carbocycles. The van der Waals surface area contributed by atoms with Crippen LogP contribution in [0.15, 0.2) is 0 Å². The Morgan fingerprint density at radius 1 is 1.05 bits per heavy atom. The molecule has 1 atom stereocenters. The molecule has 0 heterocycles. The summed E-state index contributed by atoms with van der Waals surface area (Å²) in [4.78, 5) is 21.6. The topological polar surface area (TPSA) is 92.5 Å². The molecule has 0 saturated carbocycles. The number of unbranched alkanes of at least 4 members (excludes halogenated alkanes) is 7. The van der Waals surface area contributed by atoms with Gasteiger partial charge in [-0.1, -0.05) is 51.9 Å². The normalized spacial score (nSPS) is 11.5. The Bertz CT molecular complexity index is 274. The number of carbonyl (C=O) groups is 2. The Morgan fingerprint density at radius 3 is 2.10 bits per heavy atom. The van der Waals surface area contributed by atoms with Gasteiger partial charge in [0.05, 0.1) is 6.61 Å². The molecular weight excluding hydrogens is 281 g/mol. The van der Waals surface area contributed by atoms with Crippen LogP contribution in [0.3, 0.4) is 0 Å². The van der Waals surface area contributed by atoms with E-state index in [1.807, 2.05) is 0 Å². The van der Waals surface area contributed by atoms with Crippen molar-refractivity contribution in [3.05, 3.63) is 0 Å². The Labute approximate surface area is 150 Å². The molecule has 0 amide bonds. The van der Waals surface area contributed by atoms with E-state index in [9.17, 15) is 14.7 Å². The van der Waals surface area contributed by atoms with Gasteiger partial charge in [-0.05, 0) is 19.3 Å². The number of carboxylic acids is 1. The van der Waals surface area contributed by atoms with Crippen LogP contribution in [0.1, 0.15) is 71.1 Å². The van der Waals surface area contributed by atoms with E-state index in [1.54, 1.807) is 0 Å². The van der Waals surface area contributed by atoms with E-state index >= 15 is 0 Å². The quantitative estimate of drug-likeness (QED) is 0.255. The van der Waals surface area contributed by atoms with Crippen molar-refractivity contribution in [2.75, 3.05) is 6.61 Å².